The largest absolute Gasteiger partial charge is 0.266 e. The van der Waals surface area contributed by atoms with Crippen molar-refractivity contribution in [3.63, 3.8) is 0 Å². The predicted octanol–water partition coefficient (Wildman–Crippen LogP) is 3.57. The molecule has 0 amide bonds. The van der Waals surface area contributed by atoms with Crippen molar-refractivity contribution in [3.05, 3.63) is 35.1 Å². The molecule has 0 atom stereocenters. The Morgan fingerprint density at radius 2 is 1.71 bits per heavy atom. The maximum absolute atomic E-state index is 13.1. The zero-order valence-corrected chi connectivity index (χ0v) is 6.98. The fourth-order valence-corrected chi connectivity index (χ4v) is 1.09. The molecule has 78 valence electrons. The minimum atomic E-state index is -2.98. The molecule has 0 bridgehead atoms. The minimum absolute atomic E-state index is 0.377. The Hall–Kier alpha value is -1.13. The monoisotopic (exact) mass is 210 g/mol. The minimum Gasteiger partial charge on any atom is -0.210 e. The van der Waals surface area contributed by atoms with Gasteiger partial charge in [-0.2, -0.15) is 0 Å². The van der Waals surface area contributed by atoms with Crippen LogP contribution in [0.1, 0.15) is 17.6 Å². The van der Waals surface area contributed by atoms with E-state index in [0.717, 1.165) is 18.2 Å². The Bertz CT molecular complexity index is 308. The number of benzene rings is 1. The van der Waals surface area contributed by atoms with E-state index in [1.807, 2.05) is 0 Å². The van der Waals surface area contributed by atoms with E-state index >= 15 is 0 Å². The summed E-state index contributed by atoms with van der Waals surface area (Å²) in [7, 11) is 0. The lowest BCUT2D eigenvalue weighted by atomic mass is 10.1. The third kappa shape index (κ3) is 2.43. The lowest BCUT2D eigenvalue weighted by Gasteiger charge is -2.06. The highest BCUT2D eigenvalue weighted by atomic mass is 19.3. The van der Waals surface area contributed by atoms with Gasteiger partial charge in [0.05, 0.1) is 5.56 Å². The van der Waals surface area contributed by atoms with Crippen LogP contribution in [0.3, 0.4) is 0 Å². The van der Waals surface area contributed by atoms with Gasteiger partial charge >= 0.3 is 0 Å². The van der Waals surface area contributed by atoms with Crippen LogP contribution in [0, 0.1) is 5.82 Å². The van der Waals surface area contributed by atoms with Gasteiger partial charge in [-0.05, 0) is 5.56 Å². The van der Waals surface area contributed by atoms with Crippen LogP contribution in [-0.4, -0.2) is 6.43 Å². The fraction of sp³-hybridized carbons (Fsp3) is 0.333. The van der Waals surface area contributed by atoms with Gasteiger partial charge in [-0.1, -0.05) is 18.2 Å². The number of hydrogen-bond acceptors (Lipinski definition) is 0. The van der Waals surface area contributed by atoms with Gasteiger partial charge in [0.15, 0.2) is 0 Å². The van der Waals surface area contributed by atoms with E-state index in [-0.39, 0.29) is 5.56 Å². The molecule has 0 aliphatic rings. The molecular weight excluding hydrogens is 203 g/mol. The molecule has 14 heavy (non-hydrogen) atoms. The number of hydrogen-bond donors (Lipinski definition) is 0. The maximum Gasteiger partial charge on any atom is 0.266 e. The van der Waals surface area contributed by atoms with Crippen molar-refractivity contribution >= 4 is 0 Å². The summed E-state index contributed by atoms with van der Waals surface area (Å²) in [6.45, 7) is 0. The molecule has 0 aliphatic carbocycles. The standard InChI is InChI=1S/C9H7F5/c10-7(11)4-5-2-1-3-6(8(5)12)9(13)14/h1-3,7,9H,4H2. The lowest BCUT2D eigenvalue weighted by molar-refractivity contribution is 0.140. The van der Waals surface area contributed by atoms with Gasteiger partial charge in [-0.25, -0.2) is 22.0 Å². The van der Waals surface area contributed by atoms with E-state index in [0.29, 0.717) is 0 Å². The van der Waals surface area contributed by atoms with Crippen LogP contribution in [0.15, 0.2) is 18.2 Å². The van der Waals surface area contributed by atoms with Gasteiger partial charge < -0.3 is 0 Å². The molecule has 0 aromatic heterocycles. The van der Waals surface area contributed by atoms with Gasteiger partial charge in [-0.15, -0.1) is 0 Å². The second-order valence-corrected chi connectivity index (χ2v) is 2.72. The quantitative estimate of drug-likeness (QED) is 0.669. The van der Waals surface area contributed by atoms with Crippen LogP contribution < -0.4 is 0 Å². The average molecular weight is 210 g/mol. The molecule has 0 N–H and O–H groups in total. The van der Waals surface area contributed by atoms with E-state index < -0.39 is 30.7 Å². The molecule has 0 saturated heterocycles. The van der Waals surface area contributed by atoms with Crippen molar-refractivity contribution in [2.45, 2.75) is 19.3 Å². The molecular formula is C9H7F5. The molecule has 0 saturated carbocycles. The van der Waals surface area contributed by atoms with Crippen LogP contribution in [-0.2, 0) is 6.42 Å². The van der Waals surface area contributed by atoms with E-state index in [9.17, 15) is 22.0 Å². The molecule has 0 fully saturated rings. The Balaban J connectivity index is 3.01. The van der Waals surface area contributed by atoms with Crippen molar-refractivity contribution in [1.82, 2.24) is 0 Å². The highest BCUT2D eigenvalue weighted by Gasteiger charge is 2.17. The molecule has 1 rings (SSSR count). The second kappa shape index (κ2) is 4.39. The van der Waals surface area contributed by atoms with Crippen LogP contribution in [0.5, 0.6) is 0 Å². The van der Waals surface area contributed by atoms with Crippen molar-refractivity contribution in [1.29, 1.82) is 0 Å². The molecule has 5 heteroatoms. The zero-order valence-electron chi connectivity index (χ0n) is 6.98. The van der Waals surface area contributed by atoms with Crippen molar-refractivity contribution in [2.24, 2.45) is 0 Å². The van der Waals surface area contributed by atoms with Crippen LogP contribution in [0.2, 0.25) is 0 Å². The van der Waals surface area contributed by atoms with Gasteiger partial charge in [0.25, 0.3) is 6.43 Å². The SMILES string of the molecule is Fc1c(CC(F)F)cccc1C(F)F. The molecule has 0 nitrogen and oxygen atoms in total. The molecule has 0 radical (unpaired) electrons. The van der Waals surface area contributed by atoms with E-state index in [1.165, 1.54) is 0 Å². The summed E-state index contributed by atoms with van der Waals surface area (Å²) in [6, 6.07) is 3.10. The molecule has 0 unspecified atom stereocenters. The second-order valence-electron chi connectivity index (χ2n) is 2.72. The molecule has 1 aromatic carbocycles. The highest BCUT2D eigenvalue weighted by molar-refractivity contribution is 5.27. The van der Waals surface area contributed by atoms with Crippen molar-refractivity contribution in [3.8, 4) is 0 Å². The Morgan fingerprint density at radius 1 is 1.07 bits per heavy atom. The number of halogens is 5. The van der Waals surface area contributed by atoms with Crippen LogP contribution >= 0.6 is 0 Å². The zero-order chi connectivity index (χ0) is 10.7. The van der Waals surface area contributed by atoms with Gasteiger partial charge in [0.1, 0.15) is 5.82 Å². The average Bonchev–Trinajstić information content (AvgIpc) is 2.07. The third-order valence-electron chi connectivity index (χ3n) is 1.72. The topological polar surface area (TPSA) is 0 Å². The summed E-state index contributed by atoms with van der Waals surface area (Å²) < 4.78 is 61.1. The van der Waals surface area contributed by atoms with Crippen molar-refractivity contribution in [2.75, 3.05) is 0 Å². The van der Waals surface area contributed by atoms with E-state index in [1.54, 1.807) is 0 Å². The first-order chi connectivity index (χ1) is 6.52. The van der Waals surface area contributed by atoms with Gasteiger partial charge in [0, 0.05) is 6.42 Å². The first-order valence-electron chi connectivity index (χ1n) is 3.86. The summed E-state index contributed by atoms with van der Waals surface area (Å²) in [6.07, 6.45) is -6.56. The summed E-state index contributed by atoms with van der Waals surface area (Å²) in [5.74, 6) is -1.23. The lowest BCUT2D eigenvalue weighted by Crippen LogP contribution is -2.02. The number of alkyl halides is 4. The molecule has 0 heterocycles. The molecule has 0 spiro atoms. The Kier molecular flexibility index (Phi) is 3.43. The first-order valence-corrected chi connectivity index (χ1v) is 3.86. The van der Waals surface area contributed by atoms with E-state index in [4.69, 9.17) is 0 Å². The molecule has 1 aromatic rings. The smallest absolute Gasteiger partial charge is 0.210 e. The summed E-state index contributed by atoms with van der Waals surface area (Å²) in [5.41, 5.74) is -1.21. The predicted molar refractivity (Wildman–Crippen MR) is 41.1 cm³/mol. The fourth-order valence-electron chi connectivity index (χ4n) is 1.09. The Morgan fingerprint density at radius 3 is 2.21 bits per heavy atom. The van der Waals surface area contributed by atoms with Gasteiger partial charge in [-0.3, -0.25) is 0 Å². The number of rotatable bonds is 3. The third-order valence-corrected chi connectivity index (χ3v) is 1.72. The summed E-state index contributed by atoms with van der Waals surface area (Å²) in [4.78, 5) is 0. The normalized spacial score (nSPS) is 11.4. The van der Waals surface area contributed by atoms with Crippen LogP contribution in [0.4, 0.5) is 22.0 Å². The van der Waals surface area contributed by atoms with E-state index in [2.05, 4.69) is 0 Å². The maximum atomic E-state index is 13.1. The van der Waals surface area contributed by atoms with Crippen LogP contribution in [0.25, 0.3) is 0 Å². The summed E-state index contributed by atoms with van der Waals surface area (Å²) >= 11 is 0. The first kappa shape index (κ1) is 10.9. The molecule has 0 aliphatic heterocycles. The van der Waals surface area contributed by atoms with Crippen molar-refractivity contribution < 1.29 is 22.0 Å². The van der Waals surface area contributed by atoms with Gasteiger partial charge in [0.2, 0.25) is 6.43 Å². The summed E-state index contributed by atoms with van der Waals surface area (Å²) in [5, 5.41) is 0. The Labute approximate surface area is 77.4 Å². The highest BCUT2D eigenvalue weighted by Crippen LogP contribution is 2.24.